The zero-order chi connectivity index (χ0) is 8.13. The molecule has 0 aromatic rings. The number of Topliss-reactive ketones (excluding diaryl/α,β-unsaturated/α-hetero) is 1. The monoisotopic (exact) mass is 160 g/mol. The topological polar surface area (TPSA) is 17.1 Å². The minimum Gasteiger partial charge on any atom is -0.299 e. The first-order chi connectivity index (χ1) is 5.86. The summed E-state index contributed by atoms with van der Waals surface area (Å²) in [6, 6.07) is 0. The van der Waals surface area contributed by atoms with Crippen molar-refractivity contribution in [3.8, 4) is 0 Å². The van der Waals surface area contributed by atoms with Gasteiger partial charge in [-0.25, -0.2) is 0 Å². The predicted molar refractivity (Wildman–Crippen MR) is 46.5 cm³/mol. The lowest BCUT2D eigenvalue weighted by molar-refractivity contribution is -0.127. The molecule has 1 saturated carbocycles. The van der Waals surface area contributed by atoms with Crippen LogP contribution in [-0.2, 0) is 4.79 Å². The summed E-state index contributed by atoms with van der Waals surface area (Å²) >= 11 is 0. The van der Waals surface area contributed by atoms with Crippen LogP contribution in [0.4, 0.5) is 0 Å². The number of rotatable bonds is 0. The Kier molecular flexibility index (Phi) is 1.16. The second kappa shape index (κ2) is 2.09. The van der Waals surface area contributed by atoms with Gasteiger partial charge >= 0.3 is 0 Å². The standard InChI is InChI=1S/C11H12O/c12-11-6-7-4-5-10(11)9-3-1-2-8(7)9/h1,3-5,7-10H,2,6H2/t7-,8+,9+,10-/m0/s1. The van der Waals surface area contributed by atoms with Gasteiger partial charge in [0.05, 0.1) is 0 Å². The number of carbonyl (C=O) groups is 1. The van der Waals surface area contributed by atoms with Crippen molar-refractivity contribution in [1.82, 2.24) is 0 Å². The highest BCUT2D eigenvalue weighted by Gasteiger charge is 2.44. The molecule has 4 aliphatic carbocycles. The van der Waals surface area contributed by atoms with E-state index in [0.717, 1.165) is 12.3 Å². The van der Waals surface area contributed by atoms with E-state index < -0.39 is 0 Å². The maximum Gasteiger partial charge on any atom is 0.140 e. The molecule has 0 unspecified atom stereocenters. The molecule has 0 aliphatic heterocycles. The van der Waals surface area contributed by atoms with E-state index in [-0.39, 0.29) is 5.92 Å². The van der Waals surface area contributed by atoms with Crippen LogP contribution in [0.3, 0.4) is 0 Å². The van der Waals surface area contributed by atoms with Gasteiger partial charge in [0.15, 0.2) is 0 Å². The van der Waals surface area contributed by atoms with Crippen LogP contribution in [0.2, 0.25) is 0 Å². The third-order valence-corrected chi connectivity index (χ3v) is 3.60. The van der Waals surface area contributed by atoms with Crippen LogP contribution >= 0.6 is 0 Å². The fourth-order valence-corrected chi connectivity index (χ4v) is 2.98. The number of hydrogen-bond acceptors (Lipinski definition) is 1. The minimum atomic E-state index is 0.235. The van der Waals surface area contributed by atoms with Gasteiger partial charge in [-0.1, -0.05) is 24.3 Å². The predicted octanol–water partition coefficient (Wildman–Crippen LogP) is 1.95. The molecular formula is C11H12O. The van der Waals surface area contributed by atoms with Gasteiger partial charge in [0.25, 0.3) is 0 Å². The first kappa shape index (κ1) is 6.64. The van der Waals surface area contributed by atoms with E-state index in [2.05, 4.69) is 24.3 Å². The molecule has 1 fully saturated rings. The Labute approximate surface area is 72.2 Å². The summed E-state index contributed by atoms with van der Waals surface area (Å²) in [6.07, 6.45) is 10.9. The molecule has 0 N–H and O–H groups in total. The van der Waals surface area contributed by atoms with Crippen LogP contribution in [-0.4, -0.2) is 5.78 Å². The zero-order valence-electron chi connectivity index (χ0n) is 6.94. The van der Waals surface area contributed by atoms with Crippen molar-refractivity contribution in [3.63, 3.8) is 0 Å². The van der Waals surface area contributed by atoms with Crippen molar-refractivity contribution >= 4 is 5.78 Å². The molecule has 1 heteroatoms. The molecule has 0 aromatic heterocycles. The minimum absolute atomic E-state index is 0.235. The van der Waals surface area contributed by atoms with Gasteiger partial charge in [0, 0.05) is 12.3 Å². The molecule has 0 spiro atoms. The second-order valence-corrected chi connectivity index (χ2v) is 4.15. The molecule has 0 amide bonds. The molecule has 0 aromatic carbocycles. The van der Waals surface area contributed by atoms with Crippen molar-refractivity contribution in [3.05, 3.63) is 24.3 Å². The van der Waals surface area contributed by atoms with E-state index in [4.69, 9.17) is 0 Å². The Morgan fingerprint density at radius 3 is 3.00 bits per heavy atom. The normalized spacial score (nSPS) is 48.5. The molecule has 2 bridgehead atoms. The Morgan fingerprint density at radius 2 is 2.17 bits per heavy atom. The molecule has 4 aliphatic rings. The first-order valence-electron chi connectivity index (χ1n) is 4.74. The fourth-order valence-electron chi connectivity index (χ4n) is 2.98. The van der Waals surface area contributed by atoms with Crippen LogP contribution in [0.15, 0.2) is 24.3 Å². The maximum absolute atomic E-state index is 11.5. The lowest BCUT2D eigenvalue weighted by atomic mass is 9.63. The summed E-state index contributed by atoms with van der Waals surface area (Å²) in [6.45, 7) is 0. The van der Waals surface area contributed by atoms with Crippen molar-refractivity contribution < 1.29 is 4.79 Å². The van der Waals surface area contributed by atoms with E-state index >= 15 is 0 Å². The molecule has 62 valence electrons. The Hall–Kier alpha value is -0.850. The smallest absolute Gasteiger partial charge is 0.140 e. The Balaban J connectivity index is 2.05. The van der Waals surface area contributed by atoms with Gasteiger partial charge in [0.1, 0.15) is 5.78 Å². The zero-order valence-corrected chi connectivity index (χ0v) is 6.94. The van der Waals surface area contributed by atoms with Crippen LogP contribution in [0.5, 0.6) is 0 Å². The number of carbonyl (C=O) groups excluding carboxylic acids is 1. The lowest BCUT2D eigenvalue weighted by Crippen LogP contribution is -2.39. The largest absolute Gasteiger partial charge is 0.299 e. The van der Waals surface area contributed by atoms with Gasteiger partial charge < -0.3 is 0 Å². The van der Waals surface area contributed by atoms with Gasteiger partial charge in [-0.3, -0.25) is 4.79 Å². The summed E-state index contributed by atoms with van der Waals surface area (Å²) in [5, 5.41) is 0. The number of fused-ring (bicyclic) bond motifs is 1. The molecular weight excluding hydrogens is 148 g/mol. The second-order valence-electron chi connectivity index (χ2n) is 4.15. The summed E-state index contributed by atoms with van der Waals surface area (Å²) in [5.74, 6) is 2.58. The molecule has 4 rings (SSSR count). The van der Waals surface area contributed by atoms with Gasteiger partial charge in [-0.15, -0.1) is 0 Å². The van der Waals surface area contributed by atoms with Crippen LogP contribution in [0.1, 0.15) is 12.8 Å². The number of allylic oxidation sites excluding steroid dienone is 4. The Bertz CT molecular complexity index is 287. The summed E-state index contributed by atoms with van der Waals surface area (Å²) in [4.78, 5) is 11.5. The molecule has 0 heterocycles. The molecule has 0 saturated heterocycles. The maximum atomic E-state index is 11.5. The number of hydrogen-bond donors (Lipinski definition) is 0. The lowest BCUT2D eigenvalue weighted by Gasteiger charge is -2.40. The van der Waals surface area contributed by atoms with E-state index in [9.17, 15) is 4.79 Å². The molecule has 12 heavy (non-hydrogen) atoms. The highest BCUT2D eigenvalue weighted by molar-refractivity contribution is 5.86. The highest BCUT2D eigenvalue weighted by Crippen LogP contribution is 2.47. The quantitative estimate of drug-likeness (QED) is 0.495. The Morgan fingerprint density at radius 1 is 1.25 bits per heavy atom. The summed E-state index contributed by atoms with van der Waals surface area (Å²) < 4.78 is 0. The molecule has 1 nitrogen and oxygen atoms in total. The SMILES string of the molecule is O=C1C[C@@H]2C=C[C@H]1[C@@H]1C=CC[C@@H]12. The third-order valence-electron chi connectivity index (χ3n) is 3.60. The van der Waals surface area contributed by atoms with E-state index in [0.29, 0.717) is 17.6 Å². The van der Waals surface area contributed by atoms with E-state index in [1.54, 1.807) is 0 Å². The van der Waals surface area contributed by atoms with Crippen molar-refractivity contribution in [2.24, 2.45) is 23.7 Å². The molecule has 0 radical (unpaired) electrons. The average molecular weight is 160 g/mol. The third kappa shape index (κ3) is 0.669. The van der Waals surface area contributed by atoms with Crippen LogP contribution < -0.4 is 0 Å². The summed E-state index contributed by atoms with van der Waals surface area (Å²) in [5.41, 5.74) is 0. The highest BCUT2D eigenvalue weighted by atomic mass is 16.1. The summed E-state index contributed by atoms with van der Waals surface area (Å²) in [7, 11) is 0. The van der Waals surface area contributed by atoms with Crippen molar-refractivity contribution in [2.45, 2.75) is 12.8 Å². The number of ketones is 1. The van der Waals surface area contributed by atoms with Gasteiger partial charge in [0.2, 0.25) is 0 Å². The van der Waals surface area contributed by atoms with Gasteiger partial charge in [-0.05, 0) is 24.2 Å². The van der Waals surface area contributed by atoms with Crippen LogP contribution in [0.25, 0.3) is 0 Å². The van der Waals surface area contributed by atoms with Crippen molar-refractivity contribution in [1.29, 1.82) is 0 Å². The first-order valence-corrected chi connectivity index (χ1v) is 4.74. The van der Waals surface area contributed by atoms with Crippen LogP contribution in [0, 0.1) is 23.7 Å². The molecule has 4 atom stereocenters. The van der Waals surface area contributed by atoms with E-state index in [1.165, 1.54) is 6.42 Å². The van der Waals surface area contributed by atoms with Gasteiger partial charge in [-0.2, -0.15) is 0 Å². The van der Waals surface area contributed by atoms with Crippen molar-refractivity contribution in [2.75, 3.05) is 0 Å². The fraction of sp³-hybridized carbons (Fsp3) is 0.545. The van der Waals surface area contributed by atoms with E-state index in [1.807, 2.05) is 0 Å². The average Bonchev–Trinajstić information content (AvgIpc) is 2.53.